The Hall–Kier alpha value is -3.67. The molecular formula is C23H19FO5. The largest absolute Gasteiger partial charge is 0.493 e. The van der Waals surface area contributed by atoms with Crippen LogP contribution in [0.5, 0.6) is 17.2 Å². The van der Waals surface area contributed by atoms with Crippen molar-refractivity contribution in [1.82, 2.24) is 0 Å². The molecule has 3 aromatic carbocycles. The van der Waals surface area contributed by atoms with E-state index in [0.29, 0.717) is 28.4 Å². The molecule has 0 aromatic heterocycles. The van der Waals surface area contributed by atoms with Crippen LogP contribution >= 0.6 is 0 Å². The minimum atomic E-state index is -0.449. The lowest BCUT2D eigenvalue weighted by atomic mass is 10.0. The molecule has 0 unspecified atom stereocenters. The summed E-state index contributed by atoms with van der Waals surface area (Å²) in [4.78, 5) is 24.6. The van der Waals surface area contributed by atoms with Crippen LogP contribution < -0.4 is 14.2 Å². The Morgan fingerprint density at radius 1 is 0.793 bits per heavy atom. The van der Waals surface area contributed by atoms with Crippen LogP contribution in [0.15, 0.2) is 66.7 Å². The third-order valence-electron chi connectivity index (χ3n) is 4.25. The fourth-order valence-electron chi connectivity index (χ4n) is 2.77. The van der Waals surface area contributed by atoms with E-state index in [1.165, 1.54) is 38.5 Å². The van der Waals surface area contributed by atoms with Gasteiger partial charge in [-0.1, -0.05) is 6.07 Å². The van der Waals surface area contributed by atoms with Crippen LogP contribution in [0.25, 0.3) is 0 Å². The molecule has 3 rings (SSSR count). The Balaban J connectivity index is 1.64. The van der Waals surface area contributed by atoms with Gasteiger partial charge in [-0.25, -0.2) is 4.39 Å². The van der Waals surface area contributed by atoms with Crippen molar-refractivity contribution in [2.45, 2.75) is 6.42 Å². The molecule has 6 heteroatoms. The van der Waals surface area contributed by atoms with E-state index in [-0.39, 0.29) is 12.2 Å². The number of ketones is 1. The van der Waals surface area contributed by atoms with Crippen molar-refractivity contribution in [2.75, 3.05) is 14.2 Å². The average molecular weight is 394 g/mol. The predicted octanol–water partition coefficient (Wildman–Crippen LogP) is 4.22. The van der Waals surface area contributed by atoms with Crippen molar-refractivity contribution in [1.29, 1.82) is 0 Å². The number of ether oxygens (including phenoxy) is 3. The number of methoxy groups -OCH3 is 2. The van der Waals surface area contributed by atoms with Gasteiger partial charge in [0.25, 0.3) is 0 Å². The number of benzene rings is 3. The first-order valence-corrected chi connectivity index (χ1v) is 8.82. The fraction of sp³-hybridized carbons (Fsp3) is 0.130. The Morgan fingerprint density at radius 2 is 1.38 bits per heavy atom. The van der Waals surface area contributed by atoms with Gasteiger partial charge >= 0.3 is 5.97 Å². The topological polar surface area (TPSA) is 61.8 Å². The summed E-state index contributed by atoms with van der Waals surface area (Å²) in [5, 5.41) is 0. The third-order valence-corrected chi connectivity index (χ3v) is 4.25. The molecule has 0 aliphatic carbocycles. The molecule has 0 aliphatic rings. The van der Waals surface area contributed by atoms with Crippen LogP contribution in [0.3, 0.4) is 0 Å². The highest BCUT2D eigenvalue weighted by Gasteiger charge is 2.12. The SMILES string of the molecule is COc1ccc(CC(=O)Oc2ccc(C(=O)c3ccc(F)cc3)cc2)cc1OC. The lowest BCUT2D eigenvalue weighted by molar-refractivity contribution is -0.133. The molecule has 3 aromatic rings. The van der Waals surface area contributed by atoms with Crippen molar-refractivity contribution < 1.29 is 28.2 Å². The first-order valence-electron chi connectivity index (χ1n) is 8.82. The number of carbonyl (C=O) groups is 2. The van der Waals surface area contributed by atoms with Crippen LogP contribution in [0, 0.1) is 5.82 Å². The second-order valence-corrected chi connectivity index (χ2v) is 6.20. The third kappa shape index (κ3) is 4.99. The summed E-state index contributed by atoms with van der Waals surface area (Å²) in [5.41, 5.74) is 1.51. The fourth-order valence-corrected chi connectivity index (χ4v) is 2.77. The van der Waals surface area contributed by atoms with Crippen LogP contribution in [-0.2, 0) is 11.2 Å². The van der Waals surface area contributed by atoms with E-state index in [9.17, 15) is 14.0 Å². The highest BCUT2D eigenvalue weighted by Crippen LogP contribution is 2.28. The van der Waals surface area contributed by atoms with Gasteiger partial charge in [0.05, 0.1) is 20.6 Å². The molecule has 5 nitrogen and oxygen atoms in total. The molecule has 0 radical (unpaired) electrons. The van der Waals surface area contributed by atoms with E-state index >= 15 is 0 Å². The maximum absolute atomic E-state index is 13.0. The van der Waals surface area contributed by atoms with Crippen molar-refractivity contribution >= 4 is 11.8 Å². The van der Waals surface area contributed by atoms with Gasteiger partial charge in [0.15, 0.2) is 17.3 Å². The van der Waals surface area contributed by atoms with Gasteiger partial charge in [0.1, 0.15) is 11.6 Å². The van der Waals surface area contributed by atoms with E-state index in [1.807, 2.05) is 0 Å². The molecular weight excluding hydrogens is 375 g/mol. The molecule has 0 spiro atoms. The summed E-state index contributed by atoms with van der Waals surface area (Å²) in [5.74, 6) is 0.333. The van der Waals surface area contributed by atoms with Crippen LogP contribution in [0.2, 0.25) is 0 Å². The van der Waals surface area contributed by atoms with Gasteiger partial charge in [-0.3, -0.25) is 9.59 Å². The van der Waals surface area contributed by atoms with Gasteiger partial charge in [0.2, 0.25) is 0 Å². The molecule has 148 valence electrons. The second kappa shape index (κ2) is 9.01. The van der Waals surface area contributed by atoms with Gasteiger partial charge in [0, 0.05) is 11.1 Å². The summed E-state index contributed by atoms with van der Waals surface area (Å²) in [6, 6.07) is 16.7. The van der Waals surface area contributed by atoms with E-state index in [1.54, 1.807) is 42.5 Å². The molecule has 0 aliphatic heterocycles. The van der Waals surface area contributed by atoms with Gasteiger partial charge < -0.3 is 14.2 Å². The van der Waals surface area contributed by atoms with Gasteiger partial charge in [-0.15, -0.1) is 0 Å². The van der Waals surface area contributed by atoms with E-state index in [0.717, 1.165) is 5.56 Å². The molecule has 0 N–H and O–H groups in total. The number of hydrogen-bond acceptors (Lipinski definition) is 5. The van der Waals surface area contributed by atoms with Gasteiger partial charge in [-0.05, 0) is 66.2 Å². The molecule has 0 saturated heterocycles. The zero-order valence-electron chi connectivity index (χ0n) is 16.0. The van der Waals surface area contributed by atoms with Crippen molar-refractivity contribution in [3.05, 3.63) is 89.2 Å². The smallest absolute Gasteiger partial charge is 0.315 e. The van der Waals surface area contributed by atoms with E-state index in [4.69, 9.17) is 14.2 Å². The molecule has 29 heavy (non-hydrogen) atoms. The molecule has 0 saturated carbocycles. The minimum absolute atomic E-state index is 0.0522. The number of esters is 1. The van der Waals surface area contributed by atoms with Crippen molar-refractivity contribution in [3.63, 3.8) is 0 Å². The summed E-state index contributed by atoms with van der Waals surface area (Å²) in [6.45, 7) is 0. The maximum atomic E-state index is 13.0. The Kier molecular flexibility index (Phi) is 6.24. The minimum Gasteiger partial charge on any atom is -0.493 e. The van der Waals surface area contributed by atoms with E-state index < -0.39 is 11.8 Å². The summed E-state index contributed by atoms with van der Waals surface area (Å²) < 4.78 is 28.7. The van der Waals surface area contributed by atoms with Crippen molar-refractivity contribution in [3.8, 4) is 17.2 Å². The van der Waals surface area contributed by atoms with Crippen LogP contribution in [0.1, 0.15) is 21.5 Å². The first kappa shape index (κ1) is 20.1. The first-order chi connectivity index (χ1) is 14.0. The molecule has 0 heterocycles. The monoisotopic (exact) mass is 394 g/mol. The summed E-state index contributed by atoms with van der Waals surface area (Å²) in [6.07, 6.45) is 0.0522. The predicted molar refractivity (Wildman–Crippen MR) is 105 cm³/mol. The van der Waals surface area contributed by atoms with Crippen LogP contribution in [-0.4, -0.2) is 26.0 Å². The number of hydrogen-bond donors (Lipinski definition) is 0. The number of halogens is 1. The lowest BCUT2D eigenvalue weighted by Gasteiger charge is -2.10. The Morgan fingerprint density at radius 3 is 1.97 bits per heavy atom. The highest BCUT2D eigenvalue weighted by molar-refractivity contribution is 6.09. The molecule has 0 fully saturated rings. The molecule has 0 atom stereocenters. The standard InChI is InChI=1S/C23H19FO5/c1-27-20-12-3-15(13-21(20)28-2)14-22(25)29-19-10-6-17(7-11-19)23(26)16-4-8-18(24)9-5-16/h3-13H,14H2,1-2H3. The Bertz CT molecular complexity index is 1010. The zero-order valence-corrected chi connectivity index (χ0v) is 16.0. The van der Waals surface area contributed by atoms with Crippen LogP contribution in [0.4, 0.5) is 4.39 Å². The molecule has 0 amide bonds. The van der Waals surface area contributed by atoms with Gasteiger partial charge in [-0.2, -0.15) is 0 Å². The number of rotatable bonds is 7. The lowest BCUT2D eigenvalue weighted by Crippen LogP contribution is -2.11. The zero-order chi connectivity index (χ0) is 20.8. The maximum Gasteiger partial charge on any atom is 0.315 e. The number of carbonyl (C=O) groups excluding carboxylic acids is 2. The van der Waals surface area contributed by atoms with E-state index in [2.05, 4.69) is 0 Å². The van der Waals surface area contributed by atoms with Crippen molar-refractivity contribution in [2.24, 2.45) is 0 Å². The average Bonchev–Trinajstić information content (AvgIpc) is 2.74. The molecule has 0 bridgehead atoms. The normalized spacial score (nSPS) is 10.3. The summed E-state index contributed by atoms with van der Waals surface area (Å²) >= 11 is 0. The summed E-state index contributed by atoms with van der Waals surface area (Å²) in [7, 11) is 3.06. The second-order valence-electron chi connectivity index (χ2n) is 6.20. The quantitative estimate of drug-likeness (QED) is 0.341. The highest BCUT2D eigenvalue weighted by atomic mass is 19.1. The Labute approximate surface area is 167 Å².